The molecule has 0 atom stereocenters. The molecule has 0 unspecified atom stereocenters. The molecular formula is C16H22O4. The third kappa shape index (κ3) is 2.55. The molecule has 0 bridgehead atoms. The standard InChI is InChI=1S/C16H22O4/c1-8-9(2)11(4)13(12(5)10(8)3)14(15(17)19-6)16(18)20-7/h14H,1-7H3. The number of esters is 2. The van der Waals surface area contributed by atoms with Crippen LogP contribution in [-0.4, -0.2) is 26.2 Å². The van der Waals surface area contributed by atoms with Gasteiger partial charge in [-0.2, -0.15) is 0 Å². The van der Waals surface area contributed by atoms with Gasteiger partial charge in [0.25, 0.3) is 0 Å². The fraction of sp³-hybridized carbons (Fsp3) is 0.500. The number of benzene rings is 1. The Hall–Kier alpha value is -1.84. The van der Waals surface area contributed by atoms with Crippen molar-refractivity contribution in [3.05, 3.63) is 33.4 Å². The van der Waals surface area contributed by atoms with Crippen LogP contribution in [0.4, 0.5) is 0 Å². The number of carbonyl (C=O) groups is 2. The third-order valence-electron chi connectivity index (χ3n) is 4.22. The van der Waals surface area contributed by atoms with Crippen LogP contribution in [0.1, 0.15) is 39.3 Å². The van der Waals surface area contributed by atoms with Crippen LogP contribution >= 0.6 is 0 Å². The lowest BCUT2D eigenvalue weighted by Gasteiger charge is -2.22. The second-order valence-electron chi connectivity index (χ2n) is 5.02. The normalized spacial score (nSPS) is 10.6. The van der Waals surface area contributed by atoms with Gasteiger partial charge in [-0.25, -0.2) is 0 Å². The van der Waals surface area contributed by atoms with Gasteiger partial charge >= 0.3 is 11.9 Å². The summed E-state index contributed by atoms with van der Waals surface area (Å²) >= 11 is 0. The highest BCUT2D eigenvalue weighted by Crippen LogP contribution is 2.32. The molecule has 1 aromatic carbocycles. The first-order chi connectivity index (χ1) is 9.27. The summed E-state index contributed by atoms with van der Waals surface area (Å²) in [7, 11) is 2.55. The molecule has 0 aliphatic carbocycles. The molecule has 4 nitrogen and oxygen atoms in total. The maximum atomic E-state index is 12.0. The zero-order chi connectivity index (χ0) is 15.6. The number of methoxy groups -OCH3 is 2. The van der Waals surface area contributed by atoms with Crippen molar-refractivity contribution in [3.63, 3.8) is 0 Å². The predicted octanol–water partition coefficient (Wildman–Crippen LogP) is 2.66. The lowest BCUT2D eigenvalue weighted by atomic mass is 9.83. The average molecular weight is 278 g/mol. The summed E-state index contributed by atoms with van der Waals surface area (Å²) in [5.74, 6) is -2.21. The number of hydrogen-bond donors (Lipinski definition) is 0. The molecule has 0 radical (unpaired) electrons. The van der Waals surface area contributed by atoms with Crippen LogP contribution in [0.25, 0.3) is 0 Å². The molecule has 0 aromatic heterocycles. The number of carbonyl (C=O) groups excluding carboxylic acids is 2. The zero-order valence-electron chi connectivity index (χ0n) is 13.2. The summed E-state index contributed by atoms with van der Waals surface area (Å²) in [6.45, 7) is 9.87. The van der Waals surface area contributed by atoms with Crippen molar-refractivity contribution >= 4 is 11.9 Å². The maximum absolute atomic E-state index is 12.0. The highest BCUT2D eigenvalue weighted by atomic mass is 16.5. The Bertz CT molecular complexity index is 513. The van der Waals surface area contributed by atoms with E-state index in [-0.39, 0.29) is 0 Å². The quantitative estimate of drug-likeness (QED) is 0.630. The van der Waals surface area contributed by atoms with Crippen LogP contribution in [0, 0.1) is 34.6 Å². The van der Waals surface area contributed by atoms with Crippen molar-refractivity contribution < 1.29 is 19.1 Å². The Morgan fingerprint density at radius 3 is 1.30 bits per heavy atom. The van der Waals surface area contributed by atoms with Crippen LogP contribution < -0.4 is 0 Å². The van der Waals surface area contributed by atoms with Crippen LogP contribution in [0.15, 0.2) is 0 Å². The van der Waals surface area contributed by atoms with Crippen molar-refractivity contribution in [3.8, 4) is 0 Å². The van der Waals surface area contributed by atoms with Crippen molar-refractivity contribution in [1.82, 2.24) is 0 Å². The molecule has 1 rings (SSSR count). The molecule has 0 aliphatic heterocycles. The minimum atomic E-state index is -1.03. The summed E-state index contributed by atoms with van der Waals surface area (Å²) in [5.41, 5.74) is 5.92. The summed E-state index contributed by atoms with van der Waals surface area (Å²) in [5, 5.41) is 0. The first-order valence-corrected chi connectivity index (χ1v) is 6.50. The molecule has 0 amide bonds. The number of rotatable bonds is 3. The van der Waals surface area contributed by atoms with Crippen LogP contribution in [-0.2, 0) is 19.1 Å². The SMILES string of the molecule is COC(=O)C(C(=O)OC)c1c(C)c(C)c(C)c(C)c1C. The molecule has 1 aromatic rings. The molecule has 0 saturated heterocycles. The maximum Gasteiger partial charge on any atom is 0.324 e. The van der Waals surface area contributed by atoms with Gasteiger partial charge in [0, 0.05) is 0 Å². The molecule has 0 heterocycles. The van der Waals surface area contributed by atoms with Gasteiger partial charge in [0.15, 0.2) is 5.92 Å². The zero-order valence-corrected chi connectivity index (χ0v) is 13.2. The fourth-order valence-corrected chi connectivity index (χ4v) is 2.53. The van der Waals surface area contributed by atoms with E-state index in [4.69, 9.17) is 9.47 Å². The average Bonchev–Trinajstić information content (AvgIpc) is 2.45. The van der Waals surface area contributed by atoms with Crippen LogP contribution in [0.2, 0.25) is 0 Å². The van der Waals surface area contributed by atoms with Gasteiger partial charge in [-0.1, -0.05) is 0 Å². The van der Waals surface area contributed by atoms with Gasteiger partial charge in [0.05, 0.1) is 14.2 Å². The predicted molar refractivity (Wildman–Crippen MR) is 76.9 cm³/mol. The van der Waals surface area contributed by atoms with E-state index in [0.717, 1.165) is 22.3 Å². The number of hydrogen-bond acceptors (Lipinski definition) is 4. The van der Waals surface area contributed by atoms with Crippen molar-refractivity contribution in [2.24, 2.45) is 0 Å². The van der Waals surface area contributed by atoms with Gasteiger partial charge in [-0.05, 0) is 68.0 Å². The van der Waals surface area contributed by atoms with Crippen molar-refractivity contribution in [2.45, 2.75) is 40.5 Å². The molecule has 0 aliphatic rings. The van der Waals surface area contributed by atoms with Gasteiger partial charge in [0.1, 0.15) is 0 Å². The van der Waals surface area contributed by atoms with E-state index in [2.05, 4.69) is 0 Å². The Labute approximate surface area is 120 Å². The minimum Gasteiger partial charge on any atom is -0.468 e. The summed E-state index contributed by atoms with van der Waals surface area (Å²) < 4.78 is 9.54. The summed E-state index contributed by atoms with van der Waals surface area (Å²) in [6, 6.07) is 0. The lowest BCUT2D eigenvalue weighted by Crippen LogP contribution is -2.26. The minimum absolute atomic E-state index is 0.592. The second-order valence-corrected chi connectivity index (χ2v) is 5.02. The first-order valence-electron chi connectivity index (χ1n) is 6.50. The topological polar surface area (TPSA) is 52.6 Å². The Morgan fingerprint density at radius 1 is 0.700 bits per heavy atom. The third-order valence-corrected chi connectivity index (χ3v) is 4.22. The summed E-state index contributed by atoms with van der Waals surface area (Å²) in [4.78, 5) is 24.0. The molecule has 4 heteroatoms. The van der Waals surface area contributed by atoms with E-state index in [1.807, 2.05) is 34.6 Å². The van der Waals surface area contributed by atoms with E-state index in [9.17, 15) is 9.59 Å². The molecule has 20 heavy (non-hydrogen) atoms. The van der Waals surface area contributed by atoms with E-state index in [1.54, 1.807) is 0 Å². The van der Waals surface area contributed by atoms with Crippen molar-refractivity contribution in [2.75, 3.05) is 14.2 Å². The largest absolute Gasteiger partial charge is 0.468 e. The molecule has 0 fully saturated rings. The van der Waals surface area contributed by atoms with Gasteiger partial charge in [-0.3, -0.25) is 9.59 Å². The molecule has 0 N–H and O–H groups in total. The highest BCUT2D eigenvalue weighted by Gasteiger charge is 2.34. The van der Waals surface area contributed by atoms with Gasteiger partial charge < -0.3 is 9.47 Å². The highest BCUT2D eigenvalue weighted by molar-refractivity contribution is 6.01. The smallest absolute Gasteiger partial charge is 0.324 e. The van der Waals surface area contributed by atoms with E-state index < -0.39 is 17.9 Å². The lowest BCUT2D eigenvalue weighted by molar-refractivity contribution is -0.154. The second kappa shape index (κ2) is 6.07. The monoisotopic (exact) mass is 278 g/mol. The van der Waals surface area contributed by atoms with Gasteiger partial charge in [0.2, 0.25) is 0 Å². The fourth-order valence-electron chi connectivity index (χ4n) is 2.53. The molecular weight excluding hydrogens is 256 g/mol. The van der Waals surface area contributed by atoms with Crippen LogP contribution in [0.5, 0.6) is 0 Å². The first kappa shape index (κ1) is 16.2. The van der Waals surface area contributed by atoms with E-state index in [0.29, 0.717) is 5.56 Å². The Kier molecular flexibility index (Phi) is 4.93. The molecule has 0 saturated carbocycles. The van der Waals surface area contributed by atoms with E-state index in [1.165, 1.54) is 19.8 Å². The Balaban J connectivity index is 3.65. The summed E-state index contributed by atoms with van der Waals surface area (Å²) in [6.07, 6.45) is 0. The molecule has 110 valence electrons. The molecule has 0 spiro atoms. The van der Waals surface area contributed by atoms with Crippen LogP contribution in [0.3, 0.4) is 0 Å². The number of ether oxygens (including phenoxy) is 2. The Morgan fingerprint density at radius 2 is 1.00 bits per heavy atom. The van der Waals surface area contributed by atoms with E-state index >= 15 is 0 Å². The van der Waals surface area contributed by atoms with Gasteiger partial charge in [-0.15, -0.1) is 0 Å². The van der Waals surface area contributed by atoms with Crippen molar-refractivity contribution in [1.29, 1.82) is 0 Å².